The Balaban J connectivity index is 2.88. The molecule has 0 aliphatic carbocycles. The zero-order valence-electron chi connectivity index (χ0n) is 8.33. The number of hydrogen-bond donors (Lipinski definition) is 0. The smallest absolute Gasteiger partial charge is 0.179 e. The molecule has 0 fully saturated rings. The highest BCUT2D eigenvalue weighted by Gasteiger charge is 2.00. The van der Waals surface area contributed by atoms with Gasteiger partial charge in [0.15, 0.2) is 6.19 Å². The molecule has 68 valence electrons. The molecule has 2 heteroatoms. The maximum absolute atomic E-state index is 8.63. The van der Waals surface area contributed by atoms with Crippen LogP contribution in [0.15, 0.2) is 18.2 Å². The summed E-state index contributed by atoms with van der Waals surface area (Å²) in [6.45, 7) is 4.83. The van der Waals surface area contributed by atoms with Crippen molar-refractivity contribution in [2.75, 3.05) is 7.05 Å². The van der Waals surface area contributed by atoms with Crippen LogP contribution in [-0.4, -0.2) is 11.9 Å². The molecule has 0 heterocycles. The van der Waals surface area contributed by atoms with Gasteiger partial charge < -0.3 is 4.90 Å². The fourth-order valence-electron chi connectivity index (χ4n) is 1.26. The van der Waals surface area contributed by atoms with E-state index in [1.807, 2.05) is 0 Å². The van der Waals surface area contributed by atoms with E-state index in [9.17, 15) is 0 Å². The van der Waals surface area contributed by atoms with Gasteiger partial charge in [0.1, 0.15) is 0 Å². The van der Waals surface area contributed by atoms with Gasteiger partial charge in [-0.15, -0.1) is 0 Å². The minimum Gasteiger partial charge on any atom is -0.309 e. The van der Waals surface area contributed by atoms with Crippen LogP contribution in [0.2, 0.25) is 0 Å². The highest BCUT2D eigenvalue weighted by molar-refractivity contribution is 5.30. The monoisotopic (exact) mass is 174 g/mol. The van der Waals surface area contributed by atoms with Crippen molar-refractivity contribution in [1.29, 1.82) is 5.26 Å². The second-order valence-electron chi connectivity index (χ2n) is 3.39. The van der Waals surface area contributed by atoms with Crippen molar-refractivity contribution < 1.29 is 0 Å². The third-order valence-corrected chi connectivity index (χ3v) is 2.08. The van der Waals surface area contributed by atoms with E-state index in [1.54, 1.807) is 11.9 Å². The Labute approximate surface area is 79.4 Å². The Morgan fingerprint density at radius 2 is 2.08 bits per heavy atom. The molecule has 0 amide bonds. The first-order valence-electron chi connectivity index (χ1n) is 4.30. The highest BCUT2D eigenvalue weighted by atomic mass is 15.1. The van der Waals surface area contributed by atoms with Gasteiger partial charge in [0.05, 0.1) is 6.54 Å². The maximum Gasteiger partial charge on any atom is 0.179 e. The summed E-state index contributed by atoms with van der Waals surface area (Å²) >= 11 is 0. The summed E-state index contributed by atoms with van der Waals surface area (Å²) in [6.07, 6.45) is 2.09. The summed E-state index contributed by atoms with van der Waals surface area (Å²) in [6, 6.07) is 6.31. The van der Waals surface area contributed by atoms with E-state index in [4.69, 9.17) is 5.26 Å². The van der Waals surface area contributed by atoms with Crippen molar-refractivity contribution in [3.8, 4) is 6.19 Å². The third-order valence-electron chi connectivity index (χ3n) is 2.08. The normalized spacial score (nSPS) is 9.38. The van der Waals surface area contributed by atoms with Crippen LogP contribution in [0.1, 0.15) is 16.7 Å². The van der Waals surface area contributed by atoms with Gasteiger partial charge in [-0.3, -0.25) is 0 Å². The number of nitriles is 1. The topological polar surface area (TPSA) is 27.0 Å². The van der Waals surface area contributed by atoms with E-state index < -0.39 is 0 Å². The van der Waals surface area contributed by atoms with Crippen LogP contribution in [0.5, 0.6) is 0 Å². The van der Waals surface area contributed by atoms with Crippen molar-refractivity contribution in [3.63, 3.8) is 0 Å². The van der Waals surface area contributed by atoms with Gasteiger partial charge in [-0.05, 0) is 25.0 Å². The minimum atomic E-state index is 0.698. The first-order valence-corrected chi connectivity index (χ1v) is 4.30. The third kappa shape index (κ3) is 2.48. The van der Waals surface area contributed by atoms with E-state index >= 15 is 0 Å². The lowest BCUT2D eigenvalue weighted by Crippen LogP contribution is -2.11. The molecule has 0 saturated carbocycles. The Hall–Kier alpha value is -1.49. The SMILES string of the molecule is Cc1ccc(C)c(CN(C)C#N)c1. The molecule has 0 spiro atoms. The summed E-state index contributed by atoms with van der Waals surface area (Å²) in [5.41, 5.74) is 3.71. The molecule has 2 nitrogen and oxygen atoms in total. The van der Waals surface area contributed by atoms with Crippen LogP contribution in [0, 0.1) is 25.3 Å². The fourth-order valence-corrected chi connectivity index (χ4v) is 1.26. The lowest BCUT2D eigenvalue weighted by Gasteiger charge is -2.11. The molecule has 0 radical (unpaired) electrons. The largest absolute Gasteiger partial charge is 0.309 e. The van der Waals surface area contributed by atoms with Crippen LogP contribution < -0.4 is 0 Å². The molecule has 0 atom stereocenters. The standard InChI is InChI=1S/C11H14N2/c1-9-4-5-10(2)11(6-9)7-13(3)8-12/h4-6H,7H2,1-3H3. The van der Waals surface area contributed by atoms with Crippen molar-refractivity contribution >= 4 is 0 Å². The van der Waals surface area contributed by atoms with Crippen LogP contribution in [0.4, 0.5) is 0 Å². The summed E-state index contributed by atoms with van der Waals surface area (Å²) in [5, 5.41) is 8.63. The number of benzene rings is 1. The maximum atomic E-state index is 8.63. The fraction of sp³-hybridized carbons (Fsp3) is 0.364. The molecule has 0 N–H and O–H groups in total. The number of aryl methyl sites for hydroxylation is 2. The van der Waals surface area contributed by atoms with E-state index in [2.05, 4.69) is 38.2 Å². The van der Waals surface area contributed by atoms with Gasteiger partial charge in [0, 0.05) is 7.05 Å². The molecule has 0 aromatic heterocycles. The second kappa shape index (κ2) is 3.95. The summed E-state index contributed by atoms with van der Waals surface area (Å²) in [4.78, 5) is 1.63. The Morgan fingerprint density at radius 1 is 1.38 bits per heavy atom. The van der Waals surface area contributed by atoms with Gasteiger partial charge in [-0.2, -0.15) is 5.26 Å². The number of rotatable bonds is 2. The quantitative estimate of drug-likeness (QED) is 0.507. The number of nitrogens with zero attached hydrogens (tertiary/aromatic N) is 2. The molecule has 1 aromatic rings. The molecule has 1 aromatic carbocycles. The Bertz CT molecular complexity index is 336. The molecule has 0 aliphatic heterocycles. The minimum absolute atomic E-state index is 0.698. The average molecular weight is 174 g/mol. The van der Waals surface area contributed by atoms with E-state index in [0.29, 0.717) is 6.54 Å². The predicted molar refractivity (Wildman–Crippen MR) is 53.0 cm³/mol. The van der Waals surface area contributed by atoms with E-state index in [0.717, 1.165) is 0 Å². The highest BCUT2D eigenvalue weighted by Crippen LogP contribution is 2.11. The molecule has 0 bridgehead atoms. The molecule has 0 unspecified atom stereocenters. The van der Waals surface area contributed by atoms with E-state index in [-0.39, 0.29) is 0 Å². The predicted octanol–water partition coefficient (Wildman–Crippen LogP) is 2.22. The first-order chi connectivity index (χ1) is 6.13. The molecule has 0 saturated heterocycles. The van der Waals surface area contributed by atoms with Gasteiger partial charge in [0.2, 0.25) is 0 Å². The molecule has 0 aliphatic rings. The van der Waals surface area contributed by atoms with Crippen molar-refractivity contribution in [3.05, 3.63) is 34.9 Å². The summed E-state index contributed by atoms with van der Waals surface area (Å²) in [7, 11) is 1.79. The average Bonchev–Trinajstić information content (AvgIpc) is 2.11. The molecule has 1 rings (SSSR count). The Morgan fingerprint density at radius 3 is 2.69 bits per heavy atom. The van der Waals surface area contributed by atoms with Gasteiger partial charge in [-0.1, -0.05) is 23.8 Å². The van der Waals surface area contributed by atoms with Crippen LogP contribution in [0.25, 0.3) is 0 Å². The summed E-state index contributed by atoms with van der Waals surface area (Å²) < 4.78 is 0. The summed E-state index contributed by atoms with van der Waals surface area (Å²) in [5.74, 6) is 0. The lowest BCUT2D eigenvalue weighted by molar-refractivity contribution is 0.468. The van der Waals surface area contributed by atoms with Crippen LogP contribution >= 0.6 is 0 Å². The molecule has 13 heavy (non-hydrogen) atoms. The van der Waals surface area contributed by atoms with Crippen molar-refractivity contribution in [2.45, 2.75) is 20.4 Å². The lowest BCUT2D eigenvalue weighted by atomic mass is 10.1. The number of hydrogen-bond acceptors (Lipinski definition) is 2. The first kappa shape index (κ1) is 9.60. The second-order valence-corrected chi connectivity index (χ2v) is 3.39. The van der Waals surface area contributed by atoms with Crippen LogP contribution in [-0.2, 0) is 6.54 Å². The molecular weight excluding hydrogens is 160 g/mol. The van der Waals surface area contributed by atoms with Crippen molar-refractivity contribution in [2.24, 2.45) is 0 Å². The Kier molecular flexibility index (Phi) is 2.92. The van der Waals surface area contributed by atoms with E-state index in [1.165, 1.54) is 16.7 Å². The van der Waals surface area contributed by atoms with Gasteiger partial charge in [0.25, 0.3) is 0 Å². The zero-order chi connectivity index (χ0) is 9.84. The van der Waals surface area contributed by atoms with Gasteiger partial charge in [-0.25, -0.2) is 0 Å². The molecular formula is C11H14N2. The van der Waals surface area contributed by atoms with Crippen molar-refractivity contribution in [1.82, 2.24) is 4.90 Å². The van der Waals surface area contributed by atoms with Gasteiger partial charge >= 0.3 is 0 Å². The van der Waals surface area contributed by atoms with Crippen LogP contribution in [0.3, 0.4) is 0 Å². The zero-order valence-corrected chi connectivity index (χ0v) is 8.33.